The molecular formula is C14H15N3O. The highest BCUT2D eigenvalue weighted by molar-refractivity contribution is 5.92. The number of hydrogen-bond donors (Lipinski definition) is 1. The first-order valence-electron chi connectivity index (χ1n) is 5.98. The van der Waals surface area contributed by atoms with Crippen molar-refractivity contribution in [2.45, 2.75) is 13.3 Å². The highest BCUT2D eigenvalue weighted by Gasteiger charge is 2.07. The van der Waals surface area contributed by atoms with Gasteiger partial charge in [-0.2, -0.15) is 0 Å². The van der Waals surface area contributed by atoms with Gasteiger partial charge < -0.3 is 5.32 Å². The van der Waals surface area contributed by atoms with Gasteiger partial charge in [0, 0.05) is 12.1 Å². The SMILES string of the molecule is CCCNC(=O)c1ccc(-c2ccccc2)nn1. The Morgan fingerprint density at radius 2 is 1.89 bits per heavy atom. The molecule has 1 N–H and O–H groups in total. The molecule has 4 heteroatoms. The molecule has 0 atom stereocenters. The van der Waals surface area contributed by atoms with Crippen molar-refractivity contribution < 1.29 is 4.79 Å². The van der Waals surface area contributed by atoms with Crippen LogP contribution in [0.5, 0.6) is 0 Å². The monoisotopic (exact) mass is 241 g/mol. The molecule has 0 aliphatic rings. The molecular weight excluding hydrogens is 226 g/mol. The van der Waals surface area contributed by atoms with Crippen molar-refractivity contribution in [1.82, 2.24) is 15.5 Å². The van der Waals surface area contributed by atoms with E-state index in [0.29, 0.717) is 12.2 Å². The molecule has 2 aromatic rings. The number of rotatable bonds is 4. The Hall–Kier alpha value is -2.23. The fraction of sp³-hybridized carbons (Fsp3) is 0.214. The summed E-state index contributed by atoms with van der Waals surface area (Å²) in [6.45, 7) is 2.66. The summed E-state index contributed by atoms with van der Waals surface area (Å²) in [7, 11) is 0. The quantitative estimate of drug-likeness (QED) is 0.893. The number of carbonyl (C=O) groups excluding carboxylic acids is 1. The molecule has 92 valence electrons. The molecule has 0 radical (unpaired) electrons. The fourth-order valence-electron chi connectivity index (χ4n) is 1.55. The maximum Gasteiger partial charge on any atom is 0.271 e. The van der Waals surface area contributed by atoms with E-state index in [0.717, 1.165) is 17.7 Å². The summed E-state index contributed by atoms with van der Waals surface area (Å²) in [5.74, 6) is -0.177. The minimum atomic E-state index is -0.177. The second-order valence-corrected chi connectivity index (χ2v) is 3.93. The van der Waals surface area contributed by atoms with Crippen molar-refractivity contribution in [1.29, 1.82) is 0 Å². The van der Waals surface area contributed by atoms with Crippen molar-refractivity contribution in [2.24, 2.45) is 0 Å². The third-order valence-corrected chi connectivity index (χ3v) is 2.50. The van der Waals surface area contributed by atoms with Crippen molar-refractivity contribution in [3.05, 3.63) is 48.2 Å². The van der Waals surface area contributed by atoms with Crippen LogP contribution in [-0.4, -0.2) is 22.6 Å². The maximum atomic E-state index is 11.6. The fourth-order valence-corrected chi connectivity index (χ4v) is 1.55. The molecule has 1 aromatic heterocycles. The van der Waals surface area contributed by atoms with E-state index >= 15 is 0 Å². The van der Waals surface area contributed by atoms with E-state index in [1.165, 1.54) is 0 Å². The molecule has 0 unspecified atom stereocenters. The second kappa shape index (κ2) is 5.91. The Morgan fingerprint density at radius 3 is 2.50 bits per heavy atom. The van der Waals surface area contributed by atoms with Gasteiger partial charge in [-0.25, -0.2) is 0 Å². The van der Waals surface area contributed by atoms with Gasteiger partial charge in [-0.3, -0.25) is 4.79 Å². The molecule has 1 heterocycles. The molecule has 0 saturated carbocycles. The van der Waals surface area contributed by atoms with E-state index in [9.17, 15) is 4.79 Å². The standard InChI is InChI=1S/C14H15N3O/c1-2-10-15-14(18)13-9-8-12(16-17-13)11-6-4-3-5-7-11/h3-9H,2,10H2,1H3,(H,15,18). The molecule has 0 fully saturated rings. The predicted molar refractivity (Wildman–Crippen MR) is 70.1 cm³/mol. The molecule has 0 aliphatic heterocycles. The van der Waals surface area contributed by atoms with Crippen LogP contribution >= 0.6 is 0 Å². The highest BCUT2D eigenvalue weighted by Crippen LogP contribution is 2.14. The predicted octanol–water partition coefficient (Wildman–Crippen LogP) is 2.28. The van der Waals surface area contributed by atoms with Crippen LogP contribution in [0.15, 0.2) is 42.5 Å². The first-order valence-corrected chi connectivity index (χ1v) is 5.98. The molecule has 4 nitrogen and oxygen atoms in total. The molecule has 1 amide bonds. The summed E-state index contributed by atoms with van der Waals surface area (Å²) in [6.07, 6.45) is 0.904. The smallest absolute Gasteiger partial charge is 0.271 e. The average molecular weight is 241 g/mol. The Labute approximate surface area is 106 Å². The Balaban J connectivity index is 2.13. The Morgan fingerprint density at radius 1 is 1.11 bits per heavy atom. The van der Waals surface area contributed by atoms with Gasteiger partial charge in [0.2, 0.25) is 0 Å². The zero-order valence-corrected chi connectivity index (χ0v) is 10.3. The molecule has 18 heavy (non-hydrogen) atoms. The summed E-state index contributed by atoms with van der Waals surface area (Å²) in [4.78, 5) is 11.6. The van der Waals surface area contributed by atoms with Crippen molar-refractivity contribution >= 4 is 5.91 Å². The van der Waals surface area contributed by atoms with Gasteiger partial charge in [0.1, 0.15) is 0 Å². The second-order valence-electron chi connectivity index (χ2n) is 3.93. The molecule has 0 aliphatic carbocycles. The number of aromatic nitrogens is 2. The number of nitrogens with zero attached hydrogens (tertiary/aromatic N) is 2. The third kappa shape index (κ3) is 2.91. The van der Waals surface area contributed by atoms with Crippen molar-refractivity contribution in [2.75, 3.05) is 6.54 Å². The maximum absolute atomic E-state index is 11.6. The number of nitrogens with one attached hydrogen (secondary N) is 1. The van der Waals surface area contributed by atoms with E-state index in [1.54, 1.807) is 6.07 Å². The molecule has 0 spiro atoms. The van der Waals surface area contributed by atoms with Crippen LogP contribution in [0, 0.1) is 0 Å². The van der Waals surface area contributed by atoms with Crippen LogP contribution in [-0.2, 0) is 0 Å². The van der Waals surface area contributed by atoms with Crippen LogP contribution in [0.2, 0.25) is 0 Å². The third-order valence-electron chi connectivity index (χ3n) is 2.50. The van der Waals surface area contributed by atoms with Gasteiger partial charge in [0.05, 0.1) is 5.69 Å². The van der Waals surface area contributed by atoms with E-state index in [2.05, 4.69) is 15.5 Å². The van der Waals surface area contributed by atoms with Crippen LogP contribution in [0.1, 0.15) is 23.8 Å². The van der Waals surface area contributed by atoms with E-state index in [1.807, 2.05) is 43.3 Å². The summed E-state index contributed by atoms with van der Waals surface area (Å²) < 4.78 is 0. The zero-order chi connectivity index (χ0) is 12.8. The van der Waals surface area contributed by atoms with Crippen LogP contribution in [0.25, 0.3) is 11.3 Å². The molecule has 0 bridgehead atoms. The minimum Gasteiger partial charge on any atom is -0.351 e. The Kier molecular flexibility index (Phi) is 4.02. The lowest BCUT2D eigenvalue weighted by atomic mass is 10.1. The average Bonchev–Trinajstić information content (AvgIpc) is 2.46. The van der Waals surface area contributed by atoms with Crippen LogP contribution in [0.3, 0.4) is 0 Å². The van der Waals surface area contributed by atoms with Gasteiger partial charge in [-0.05, 0) is 18.6 Å². The zero-order valence-electron chi connectivity index (χ0n) is 10.3. The number of carbonyl (C=O) groups is 1. The van der Waals surface area contributed by atoms with E-state index in [4.69, 9.17) is 0 Å². The van der Waals surface area contributed by atoms with Crippen molar-refractivity contribution in [3.63, 3.8) is 0 Å². The lowest BCUT2D eigenvalue weighted by Gasteiger charge is -2.03. The molecule has 1 aromatic carbocycles. The Bertz CT molecular complexity index is 508. The number of benzene rings is 1. The van der Waals surface area contributed by atoms with Crippen LogP contribution < -0.4 is 5.32 Å². The summed E-state index contributed by atoms with van der Waals surface area (Å²) >= 11 is 0. The normalized spacial score (nSPS) is 10.1. The first-order chi connectivity index (χ1) is 8.81. The summed E-state index contributed by atoms with van der Waals surface area (Å²) in [5, 5.41) is 10.8. The van der Waals surface area contributed by atoms with Gasteiger partial charge >= 0.3 is 0 Å². The van der Waals surface area contributed by atoms with Gasteiger partial charge in [0.15, 0.2) is 5.69 Å². The number of hydrogen-bond acceptors (Lipinski definition) is 3. The largest absolute Gasteiger partial charge is 0.351 e. The minimum absolute atomic E-state index is 0.177. The van der Waals surface area contributed by atoms with Gasteiger partial charge in [0.25, 0.3) is 5.91 Å². The molecule has 0 saturated heterocycles. The lowest BCUT2D eigenvalue weighted by molar-refractivity contribution is 0.0947. The van der Waals surface area contributed by atoms with Gasteiger partial charge in [-0.15, -0.1) is 10.2 Å². The molecule has 2 rings (SSSR count). The summed E-state index contributed by atoms with van der Waals surface area (Å²) in [5.41, 5.74) is 2.11. The van der Waals surface area contributed by atoms with E-state index < -0.39 is 0 Å². The first kappa shape index (κ1) is 12.2. The number of amides is 1. The topological polar surface area (TPSA) is 54.9 Å². The van der Waals surface area contributed by atoms with E-state index in [-0.39, 0.29) is 5.91 Å². The van der Waals surface area contributed by atoms with Gasteiger partial charge in [-0.1, -0.05) is 37.3 Å². The van der Waals surface area contributed by atoms with Crippen LogP contribution in [0.4, 0.5) is 0 Å². The summed E-state index contributed by atoms with van der Waals surface area (Å²) in [6, 6.07) is 13.3. The van der Waals surface area contributed by atoms with Crippen molar-refractivity contribution in [3.8, 4) is 11.3 Å². The highest BCUT2D eigenvalue weighted by atomic mass is 16.1. The lowest BCUT2D eigenvalue weighted by Crippen LogP contribution is -2.25.